The maximum atomic E-state index is 11.9. The molecule has 3 nitrogen and oxygen atoms in total. The molecule has 0 spiro atoms. The highest BCUT2D eigenvalue weighted by atomic mass is 35.5. The maximum Gasteiger partial charge on any atom is 0.222 e. The molecule has 0 atom stereocenters. The summed E-state index contributed by atoms with van der Waals surface area (Å²) in [7, 11) is 3.83. The lowest BCUT2D eigenvalue weighted by atomic mass is 9.81. The fourth-order valence-electron chi connectivity index (χ4n) is 2.34. The first-order valence-electron chi connectivity index (χ1n) is 6.52. The van der Waals surface area contributed by atoms with Crippen molar-refractivity contribution in [2.45, 2.75) is 39.0 Å². The van der Waals surface area contributed by atoms with Gasteiger partial charge in [-0.15, -0.1) is 12.4 Å². The Morgan fingerprint density at radius 2 is 1.88 bits per heavy atom. The third-order valence-corrected chi connectivity index (χ3v) is 3.72. The van der Waals surface area contributed by atoms with Crippen LogP contribution in [-0.4, -0.2) is 38.0 Å². The van der Waals surface area contributed by atoms with E-state index in [1.165, 1.54) is 25.7 Å². The van der Waals surface area contributed by atoms with Crippen LogP contribution in [-0.2, 0) is 4.79 Å². The summed E-state index contributed by atoms with van der Waals surface area (Å²) in [6, 6.07) is 0. The van der Waals surface area contributed by atoms with Crippen molar-refractivity contribution < 1.29 is 4.79 Å². The lowest BCUT2D eigenvalue weighted by Gasteiger charge is -2.27. The predicted octanol–water partition coefficient (Wildman–Crippen LogP) is 2.30. The number of carbonyl (C=O) groups is 1. The van der Waals surface area contributed by atoms with E-state index in [1.807, 2.05) is 19.0 Å². The standard InChI is InChI=1S/C13H26N2O.ClH/c1-11-4-6-12(7-5-11)10-13(16)15(3)9-8-14-2;/h11-12,14H,4-10H2,1-3H3;1H. The smallest absolute Gasteiger partial charge is 0.222 e. The van der Waals surface area contributed by atoms with Crippen LogP contribution in [0.3, 0.4) is 0 Å². The average Bonchev–Trinajstić information content (AvgIpc) is 2.29. The van der Waals surface area contributed by atoms with Crippen LogP contribution in [0, 0.1) is 11.8 Å². The number of hydrogen-bond donors (Lipinski definition) is 1. The van der Waals surface area contributed by atoms with Crippen LogP contribution in [0.5, 0.6) is 0 Å². The fraction of sp³-hybridized carbons (Fsp3) is 0.923. The van der Waals surface area contributed by atoms with Crippen molar-refractivity contribution in [3.8, 4) is 0 Å². The van der Waals surface area contributed by atoms with Gasteiger partial charge in [0.2, 0.25) is 5.91 Å². The van der Waals surface area contributed by atoms with E-state index >= 15 is 0 Å². The number of hydrogen-bond acceptors (Lipinski definition) is 2. The molecule has 1 N–H and O–H groups in total. The molecule has 4 heteroatoms. The van der Waals surface area contributed by atoms with Crippen LogP contribution in [0.2, 0.25) is 0 Å². The lowest BCUT2D eigenvalue weighted by molar-refractivity contribution is -0.131. The molecular weight excluding hydrogens is 236 g/mol. The van der Waals surface area contributed by atoms with Gasteiger partial charge in [0.25, 0.3) is 0 Å². The lowest BCUT2D eigenvalue weighted by Crippen LogP contribution is -2.34. The Morgan fingerprint density at radius 1 is 1.29 bits per heavy atom. The van der Waals surface area contributed by atoms with Crippen molar-refractivity contribution in [1.29, 1.82) is 0 Å². The highest BCUT2D eigenvalue weighted by Crippen LogP contribution is 2.30. The number of amides is 1. The topological polar surface area (TPSA) is 32.3 Å². The van der Waals surface area contributed by atoms with E-state index in [-0.39, 0.29) is 12.4 Å². The van der Waals surface area contributed by atoms with Crippen LogP contribution in [0.4, 0.5) is 0 Å². The fourth-order valence-corrected chi connectivity index (χ4v) is 2.34. The Labute approximate surface area is 112 Å². The second-order valence-corrected chi connectivity index (χ2v) is 5.25. The zero-order valence-electron chi connectivity index (χ0n) is 11.4. The molecular formula is C13H27ClN2O. The molecule has 102 valence electrons. The maximum absolute atomic E-state index is 11.9. The van der Waals surface area contributed by atoms with Gasteiger partial charge in [0, 0.05) is 26.6 Å². The van der Waals surface area contributed by atoms with Crippen molar-refractivity contribution in [1.82, 2.24) is 10.2 Å². The summed E-state index contributed by atoms with van der Waals surface area (Å²) in [6.45, 7) is 4.01. The van der Waals surface area contributed by atoms with E-state index in [0.29, 0.717) is 11.8 Å². The van der Waals surface area contributed by atoms with Crippen molar-refractivity contribution in [3.05, 3.63) is 0 Å². The molecule has 1 rings (SSSR count). The second-order valence-electron chi connectivity index (χ2n) is 5.25. The molecule has 1 fully saturated rings. The molecule has 1 saturated carbocycles. The van der Waals surface area contributed by atoms with E-state index in [2.05, 4.69) is 12.2 Å². The first kappa shape index (κ1) is 16.7. The van der Waals surface area contributed by atoms with Crippen LogP contribution in [0.15, 0.2) is 0 Å². The molecule has 1 aliphatic rings. The minimum atomic E-state index is 0. The molecule has 1 aliphatic carbocycles. The quantitative estimate of drug-likeness (QED) is 0.825. The number of nitrogens with zero attached hydrogens (tertiary/aromatic N) is 1. The monoisotopic (exact) mass is 262 g/mol. The summed E-state index contributed by atoms with van der Waals surface area (Å²) in [5.41, 5.74) is 0. The average molecular weight is 263 g/mol. The second kappa shape index (κ2) is 8.76. The van der Waals surface area contributed by atoms with Crippen LogP contribution >= 0.6 is 12.4 Å². The first-order valence-corrected chi connectivity index (χ1v) is 6.52. The number of likely N-dealkylation sites (N-methyl/N-ethyl adjacent to an activating group) is 2. The van der Waals surface area contributed by atoms with Crippen molar-refractivity contribution >= 4 is 18.3 Å². The minimum absolute atomic E-state index is 0. The van der Waals surface area contributed by atoms with Crippen molar-refractivity contribution in [2.24, 2.45) is 11.8 Å². The number of nitrogens with one attached hydrogen (secondary N) is 1. The molecule has 0 heterocycles. The highest BCUT2D eigenvalue weighted by Gasteiger charge is 2.21. The summed E-state index contributed by atoms with van der Waals surface area (Å²) in [5, 5.41) is 3.07. The van der Waals surface area contributed by atoms with Gasteiger partial charge in [-0.2, -0.15) is 0 Å². The van der Waals surface area contributed by atoms with E-state index in [0.717, 1.165) is 25.4 Å². The van der Waals surface area contributed by atoms with Crippen molar-refractivity contribution in [3.63, 3.8) is 0 Å². The van der Waals surface area contributed by atoms with E-state index < -0.39 is 0 Å². The van der Waals surface area contributed by atoms with Crippen LogP contribution in [0.1, 0.15) is 39.0 Å². The molecule has 0 aliphatic heterocycles. The molecule has 0 aromatic heterocycles. The summed E-state index contributed by atoms with van der Waals surface area (Å²) in [5.74, 6) is 1.82. The summed E-state index contributed by atoms with van der Waals surface area (Å²) in [6.07, 6.45) is 5.85. The number of rotatable bonds is 5. The number of carbonyl (C=O) groups excluding carboxylic acids is 1. The SMILES string of the molecule is CNCCN(C)C(=O)CC1CCC(C)CC1.Cl. The van der Waals surface area contributed by atoms with Gasteiger partial charge < -0.3 is 10.2 Å². The van der Waals surface area contributed by atoms with Gasteiger partial charge in [0.15, 0.2) is 0 Å². The number of halogens is 1. The molecule has 1 amide bonds. The molecule has 0 radical (unpaired) electrons. The Morgan fingerprint density at radius 3 is 2.41 bits per heavy atom. The van der Waals surface area contributed by atoms with E-state index in [1.54, 1.807) is 0 Å². The zero-order valence-corrected chi connectivity index (χ0v) is 12.2. The summed E-state index contributed by atoms with van der Waals surface area (Å²) in [4.78, 5) is 13.8. The van der Waals surface area contributed by atoms with Gasteiger partial charge in [-0.25, -0.2) is 0 Å². The molecule has 17 heavy (non-hydrogen) atoms. The first-order chi connectivity index (χ1) is 7.63. The Bertz CT molecular complexity index is 215. The molecule has 0 aromatic carbocycles. The highest BCUT2D eigenvalue weighted by molar-refractivity contribution is 5.85. The van der Waals surface area contributed by atoms with Crippen molar-refractivity contribution in [2.75, 3.05) is 27.2 Å². The normalized spacial score (nSPS) is 23.9. The summed E-state index contributed by atoms with van der Waals surface area (Å²) >= 11 is 0. The Hall–Kier alpha value is -0.280. The third-order valence-electron chi connectivity index (χ3n) is 3.72. The summed E-state index contributed by atoms with van der Waals surface area (Å²) < 4.78 is 0. The zero-order chi connectivity index (χ0) is 12.0. The predicted molar refractivity (Wildman–Crippen MR) is 74.6 cm³/mol. The van der Waals surface area contributed by atoms with E-state index in [9.17, 15) is 4.79 Å². The van der Waals surface area contributed by atoms with Crippen LogP contribution in [0.25, 0.3) is 0 Å². The largest absolute Gasteiger partial charge is 0.344 e. The third kappa shape index (κ3) is 6.27. The Balaban J connectivity index is 0.00000256. The van der Waals surface area contributed by atoms with Gasteiger partial charge in [-0.3, -0.25) is 4.79 Å². The van der Waals surface area contributed by atoms with Gasteiger partial charge in [-0.05, 0) is 31.7 Å². The van der Waals surface area contributed by atoms with Gasteiger partial charge in [0.1, 0.15) is 0 Å². The molecule has 0 bridgehead atoms. The van der Waals surface area contributed by atoms with Gasteiger partial charge >= 0.3 is 0 Å². The molecule has 0 unspecified atom stereocenters. The molecule has 0 aromatic rings. The van der Waals surface area contributed by atoms with Crippen LogP contribution < -0.4 is 5.32 Å². The minimum Gasteiger partial charge on any atom is -0.344 e. The van der Waals surface area contributed by atoms with Gasteiger partial charge in [0.05, 0.1) is 0 Å². The van der Waals surface area contributed by atoms with Gasteiger partial charge in [-0.1, -0.05) is 19.8 Å². The Kier molecular flexibility index (Phi) is 8.61. The van der Waals surface area contributed by atoms with E-state index in [4.69, 9.17) is 0 Å². The molecule has 0 saturated heterocycles.